The number of hydrogen-bond acceptors (Lipinski definition) is 5. The molecule has 1 aromatic carbocycles. The molecule has 1 heterocycles. The summed E-state index contributed by atoms with van der Waals surface area (Å²) in [7, 11) is 0. The summed E-state index contributed by atoms with van der Waals surface area (Å²) in [5.74, 6) is -0.299. The molecule has 7 heteroatoms. The van der Waals surface area contributed by atoms with Gasteiger partial charge in [-0.2, -0.15) is 0 Å². The van der Waals surface area contributed by atoms with E-state index in [4.69, 9.17) is 5.11 Å². The van der Waals surface area contributed by atoms with Crippen LogP contribution in [0.4, 0.5) is 0 Å². The first-order valence-electron chi connectivity index (χ1n) is 8.70. The third-order valence-corrected chi connectivity index (χ3v) is 5.44. The van der Waals surface area contributed by atoms with Gasteiger partial charge in [-0.1, -0.05) is 46.3 Å². The number of fused-ring (bicyclic) bond motifs is 1. The number of rotatable bonds is 6. The van der Waals surface area contributed by atoms with Crippen LogP contribution >= 0.6 is 15.9 Å². The minimum absolute atomic E-state index is 0.283. The van der Waals surface area contributed by atoms with Gasteiger partial charge in [-0.15, -0.1) is 6.58 Å². The number of allylic oxidation sites excluding steroid dienone is 3. The molecule has 146 valence electrons. The van der Waals surface area contributed by atoms with Gasteiger partial charge in [0.2, 0.25) is 0 Å². The first-order chi connectivity index (χ1) is 12.8. The Kier molecular flexibility index (Phi) is 7.49. The molecule has 0 saturated heterocycles. The molecule has 2 atom stereocenters. The van der Waals surface area contributed by atoms with Crippen LogP contribution in [-0.2, 0) is 0 Å². The fraction of sp³-hybridized carbons (Fsp3) is 0.400. The third kappa shape index (κ3) is 5.35. The predicted molar refractivity (Wildman–Crippen MR) is 106 cm³/mol. The zero-order chi connectivity index (χ0) is 20.0. The van der Waals surface area contributed by atoms with Gasteiger partial charge >= 0.3 is 0 Å². The number of aliphatic hydroxyl groups excluding tert-OH is 2. The standard InChI is InChI=1S/C12H19BrO3.C8H5NO2/c1-2-10(13)5-3-4-9-6-12(16,7-9)11(15)8-14;10-7-5-3-1-2-4-6(5)8(11)9-7/h2-4,9-11,14-16H,1,5-8H2;1-4H,(H,9,10,11)/b4-3+;. The second kappa shape index (κ2) is 9.41. The van der Waals surface area contributed by atoms with Crippen LogP contribution in [0, 0.1) is 5.92 Å². The van der Waals surface area contributed by atoms with E-state index in [0.717, 1.165) is 6.42 Å². The summed E-state index contributed by atoms with van der Waals surface area (Å²) in [5, 5.41) is 30.2. The van der Waals surface area contributed by atoms with Crippen LogP contribution in [0.5, 0.6) is 0 Å². The molecule has 0 aromatic heterocycles. The summed E-state index contributed by atoms with van der Waals surface area (Å²) in [6.07, 6.45) is 6.83. The van der Waals surface area contributed by atoms with Crippen LogP contribution in [0.15, 0.2) is 49.1 Å². The molecule has 2 amide bonds. The SMILES string of the molecule is C=CC(Br)C/C=C/C1CC(O)(C(O)CO)C1.O=C1NC(=O)c2ccccc21. The van der Waals surface area contributed by atoms with E-state index in [9.17, 15) is 19.8 Å². The maximum absolute atomic E-state index is 10.9. The van der Waals surface area contributed by atoms with Crippen LogP contribution in [0.3, 0.4) is 0 Å². The highest BCUT2D eigenvalue weighted by Gasteiger charge is 2.46. The summed E-state index contributed by atoms with van der Waals surface area (Å²) in [6.45, 7) is 3.29. The molecular weight excluding hydrogens is 414 g/mol. The van der Waals surface area contributed by atoms with Gasteiger partial charge in [0.05, 0.1) is 23.3 Å². The topological polar surface area (TPSA) is 107 Å². The largest absolute Gasteiger partial charge is 0.394 e. The van der Waals surface area contributed by atoms with E-state index in [-0.39, 0.29) is 23.2 Å². The number of aliphatic hydroxyl groups is 3. The summed E-state index contributed by atoms with van der Waals surface area (Å²) in [6, 6.07) is 6.74. The Balaban J connectivity index is 0.000000206. The molecular formula is C20H24BrNO5. The molecule has 4 N–H and O–H groups in total. The van der Waals surface area contributed by atoms with Crippen molar-refractivity contribution in [3.8, 4) is 0 Å². The Hall–Kier alpha value is -1.80. The Morgan fingerprint density at radius 1 is 1.26 bits per heavy atom. The number of nitrogens with one attached hydrogen (secondary N) is 1. The van der Waals surface area contributed by atoms with Gasteiger partial charge in [-0.05, 0) is 37.3 Å². The average molecular weight is 438 g/mol. The van der Waals surface area contributed by atoms with Gasteiger partial charge in [0.25, 0.3) is 11.8 Å². The zero-order valence-corrected chi connectivity index (χ0v) is 16.4. The molecule has 6 nitrogen and oxygen atoms in total. The number of amides is 2. The van der Waals surface area contributed by atoms with Crippen molar-refractivity contribution in [3.63, 3.8) is 0 Å². The van der Waals surface area contributed by atoms with Gasteiger partial charge in [-0.3, -0.25) is 14.9 Å². The highest BCUT2D eigenvalue weighted by molar-refractivity contribution is 9.09. The highest BCUT2D eigenvalue weighted by atomic mass is 79.9. The minimum Gasteiger partial charge on any atom is -0.394 e. The molecule has 1 saturated carbocycles. The monoisotopic (exact) mass is 437 g/mol. The van der Waals surface area contributed by atoms with Crippen molar-refractivity contribution in [1.29, 1.82) is 0 Å². The molecule has 27 heavy (non-hydrogen) atoms. The fourth-order valence-electron chi connectivity index (χ4n) is 3.04. The average Bonchev–Trinajstić information content (AvgIpc) is 2.94. The van der Waals surface area contributed by atoms with Crippen LogP contribution in [0.2, 0.25) is 0 Å². The summed E-state index contributed by atoms with van der Waals surface area (Å²) in [5.41, 5.74) is -0.147. The second-order valence-electron chi connectivity index (χ2n) is 6.71. The lowest BCUT2D eigenvalue weighted by Gasteiger charge is -2.45. The molecule has 1 aromatic rings. The number of halogens is 1. The van der Waals surface area contributed by atoms with Crippen LogP contribution in [0.25, 0.3) is 0 Å². The Morgan fingerprint density at radius 3 is 2.30 bits per heavy atom. The number of alkyl halides is 1. The lowest BCUT2D eigenvalue weighted by molar-refractivity contribution is -0.154. The highest BCUT2D eigenvalue weighted by Crippen LogP contribution is 2.41. The Morgan fingerprint density at radius 2 is 1.81 bits per heavy atom. The molecule has 2 unspecified atom stereocenters. The number of carbonyl (C=O) groups is 2. The number of imide groups is 1. The lowest BCUT2D eigenvalue weighted by atomic mass is 9.68. The van der Waals surface area contributed by atoms with Crippen molar-refractivity contribution in [3.05, 3.63) is 60.2 Å². The molecule has 3 rings (SSSR count). The Bertz CT molecular complexity index is 694. The van der Waals surface area contributed by atoms with E-state index in [1.54, 1.807) is 24.3 Å². The second-order valence-corrected chi connectivity index (χ2v) is 7.89. The van der Waals surface area contributed by atoms with Crippen molar-refractivity contribution in [1.82, 2.24) is 5.32 Å². The van der Waals surface area contributed by atoms with Crippen molar-refractivity contribution >= 4 is 27.7 Å². The number of hydrogen-bond donors (Lipinski definition) is 4. The number of carbonyl (C=O) groups excluding carboxylic acids is 2. The van der Waals surface area contributed by atoms with Gasteiger partial charge in [0.1, 0.15) is 6.10 Å². The molecule has 0 radical (unpaired) electrons. The first-order valence-corrected chi connectivity index (χ1v) is 9.61. The Labute approximate surface area is 166 Å². The lowest BCUT2D eigenvalue weighted by Crippen LogP contribution is -2.53. The van der Waals surface area contributed by atoms with Crippen LogP contribution in [-0.4, -0.2) is 50.3 Å². The van der Waals surface area contributed by atoms with E-state index >= 15 is 0 Å². The minimum atomic E-state index is -1.09. The molecule has 1 aliphatic heterocycles. The number of benzene rings is 1. The van der Waals surface area contributed by atoms with E-state index < -0.39 is 11.7 Å². The summed E-state index contributed by atoms with van der Waals surface area (Å²) < 4.78 is 0. The van der Waals surface area contributed by atoms with E-state index in [1.807, 2.05) is 6.08 Å². The molecule has 1 aliphatic carbocycles. The summed E-state index contributed by atoms with van der Waals surface area (Å²) >= 11 is 3.43. The van der Waals surface area contributed by atoms with E-state index in [2.05, 4.69) is 40.0 Å². The van der Waals surface area contributed by atoms with Crippen molar-refractivity contribution in [2.45, 2.75) is 35.8 Å². The van der Waals surface area contributed by atoms with Crippen molar-refractivity contribution in [2.75, 3.05) is 6.61 Å². The first kappa shape index (κ1) is 21.5. The van der Waals surface area contributed by atoms with Gasteiger partial charge < -0.3 is 15.3 Å². The fourth-order valence-corrected chi connectivity index (χ4v) is 3.26. The third-order valence-electron chi connectivity index (χ3n) is 4.69. The summed E-state index contributed by atoms with van der Waals surface area (Å²) in [4.78, 5) is 22.2. The molecule has 0 spiro atoms. The molecule has 2 aliphatic rings. The maximum Gasteiger partial charge on any atom is 0.258 e. The van der Waals surface area contributed by atoms with Crippen molar-refractivity contribution in [2.24, 2.45) is 5.92 Å². The van der Waals surface area contributed by atoms with E-state index in [0.29, 0.717) is 29.9 Å². The van der Waals surface area contributed by atoms with Crippen LogP contribution in [0.1, 0.15) is 40.0 Å². The maximum atomic E-state index is 10.9. The van der Waals surface area contributed by atoms with Gasteiger partial charge in [-0.25, -0.2) is 0 Å². The van der Waals surface area contributed by atoms with Crippen LogP contribution < -0.4 is 5.32 Å². The predicted octanol–water partition coefficient (Wildman–Crippen LogP) is 1.95. The molecule has 0 bridgehead atoms. The van der Waals surface area contributed by atoms with Gasteiger partial charge in [0, 0.05) is 4.83 Å². The quantitative estimate of drug-likeness (QED) is 0.309. The normalized spacial score (nSPS) is 25.7. The molecule has 1 fully saturated rings. The zero-order valence-electron chi connectivity index (χ0n) is 14.8. The van der Waals surface area contributed by atoms with Crippen molar-refractivity contribution < 1.29 is 24.9 Å². The van der Waals surface area contributed by atoms with Gasteiger partial charge in [0.15, 0.2) is 0 Å². The smallest absolute Gasteiger partial charge is 0.258 e. The van der Waals surface area contributed by atoms with E-state index in [1.165, 1.54) is 0 Å².